The number of nitrogens with one attached hydrogen (secondary N) is 2. The van der Waals surface area contributed by atoms with E-state index in [0.29, 0.717) is 53.4 Å². The number of nitrogens with two attached hydrogens (primary N) is 1. The fourth-order valence-electron chi connectivity index (χ4n) is 3.79. The maximum absolute atomic E-state index is 13.4. The monoisotopic (exact) mass is 466 g/mol. The fraction of sp³-hybridized carbons (Fsp3) is 0.333. The third-order valence-corrected chi connectivity index (χ3v) is 5.63. The van der Waals surface area contributed by atoms with E-state index in [2.05, 4.69) is 27.2 Å². The molecule has 1 amide bonds. The van der Waals surface area contributed by atoms with Crippen LogP contribution in [0.4, 0.5) is 5.82 Å². The van der Waals surface area contributed by atoms with Crippen molar-refractivity contribution in [1.29, 1.82) is 0 Å². The number of nitrogens with zero attached hydrogens (tertiary/aromatic N) is 3. The molecule has 1 aliphatic heterocycles. The highest BCUT2D eigenvalue weighted by atomic mass is 16.5. The molecule has 0 saturated heterocycles. The average Bonchev–Trinajstić information content (AvgIpc) is 2.83. The Kier molecular flexibility index (Phi) is 7.72. The number of amidine groups is 1. The second-order valence-electron chi connectivity index (χ2n) is 7.80. The minimum Gasteiger partial charge on any atom is -0.493 e. The molecule has 0 fully saturated rings. The molecule has 1 aromatic carbocycles. The van der Waals surface area contributed by atoms with Crippen LogP contribution in [0.15, 0.2) is 51.9 Å². The van der Waals surface area contributed by atoms with E-state index < -0.39 is 0 Å². The Balaban J connectivity index is 1.91. The first-order chi connectivity index (χ1) is 16.3. The van der Waals surface area contributed by atoms with Gasteiger partial charge in [0.05, 0.1) is 26.0 Å². The lowest BCUT2D eigenvalue weighted by Crippen LogP contribution is -2.37. The Morgan fingerprint density at radius 3 is 2.68 bits per heavy atom. The van der Waals surface area contributed by atoms with Crippen molar-refractivity contribution in [2.24, 2.45) is 10.7 Å². The summed E-state index contributed by atoms with van der Waals surface area (Å²) in [6, 6.07) is 5.41. The zero-order chi connectivity index (χ0) is 24.8. The van der Waals surface area contributed by atoms with Crippen LogP contribution in [0.5, 0.6) is 11.5 Å². The number of methoxy groups -OCH3 is 2. The smallest absolute Gasteiger partial charge is 0.298 e. The minimum atomic E-state index is -0.369. The van der Waals surface area contributed by atoms with E-state index in [1.165, 1.54) is 4.57 Å². The number of aliphatic imine (C=N–C) groups is 1. The first-order valence-corrected chi connectivity index (χ1v) is 10.8. The molecule has 10 nitrogen and oxygen atoms in total. The van der Waals surface area contributed by atoms with E-state index >= 15 is 0 Å². The first-order valence-electron chi connectivity index (χ1n) is 10.8. The third kappa shape index (κ3) is 4.95. The zero-order valence-electron chi connectivity index (χ0n) is 19.8. The summed E-state index contributed by atoms with van der Waals surface area (Å²) in [5.74, 6) is 1.67. The predicted molar refractivity (Wildman–Crippen MR) is 132 cm³/mol. The van der Waals surface area contributed by atoms with Crippen LogP contribution in [0.2, 0.25) is 0 Å². The number of benzene rings is 1. The molecule has 2 aromatic rings. The summed E-state index contributed by atoms with van der Waals surface area (Å²) >= 11 is 0. The molecular formula is C24H30N6O4. The van der Waals surface area contributed by atoms with Crippen LogP contribution >= 0.6 is 0 Å². The standard InChI is InChI=1S/C24H30N6O4/c1-14-11-28-23(27-9-8-17-6-7-19(33-4)20(10-17)34-5)24(32)30(14)21-18(12-26-13-31)15(2)16(3)29-22(21)25/h6-7,10-11,13,16H,2,8-9,12H2,1,3-5H3,(H2,25,29)(H,26,31)(H,27,28). The maximum Gasteiger partial charge on any atom is 0.298 e. The second kappa shape index (κ2) is 10.7. The number of hydrogen-bond donors (Lipinski definition) is 3. The summed E-state index contributed by atoms with van der Waals surface area (Å²) in [5.41, 5.74) is 9.22. The van der Waals surface area contributed by atoms with Gasteiger partial charge in [-0.3, -0.25) is 19.1 Å². The van der Waals surface area contributed by atoms with Gasteiger partial charge in [-0.15, -0.1) is 0 Å². The van der Waals surface area contributed by atoms with Gasteiger partial charge in [0.15, 0.2) is 17.3 Å². The van der Waals surface area contributed by atoms with Crippen molar-refractivity contribution in [2.45, 2.75) is 26.3 Å². The van der Waals surface area contributed by atoms with Gasteiger partial charge in [0, 0.05) is 30.6 Å². The topological polar surface area (TPSA) is 133 Å². The molecule has 1 atom stereocenters. The van der Waals surface area contributed by atoms with Crippen molar-refractivity contribution in [2.75, 3.05) is 32.6 Å². The number of ether oxygens (including phenoxy) is 2. The highest BCUT2D eigenvalue weighted by Gasteiger charge is 2.26. The van der Waals surface area contributed by atoms with Crippen molar-refractivity contribution in [1.82, 2.24) is 14.9 Å². The number of rotatable bonds is 10. The maximum atomic E-state index is 13.4. The highest BCUT2D eigenvalue weighted by Crippen LogP contribution is 2.28. The number of amides is 1. The quantitative estimate of drug-likeness (QED) is 0.452. The van der Waals surface area contributed by atoms with E-state index in [-0.39, 0.29) is 29.8 Å². The second-order valence-corrected chi connectivity index (χ2v) is 7.80. The van der Waals surface area contributed by atoms with Crippen LogP contribution in [0, 0.1) is 6.92 Å². The molecule has 1 unspecified atom stereocenters. The Hall–Kier alpha value is -4.08. The van der Waals surface area contributed by atoms with Gasteiger partial charge in [-0.25, -0.2) is 4.98 Å². The Labute approximate surface area is 198 Å². The first kappa shape index (κ1) is 24.6. The molecule has 4 N–H and O–H groups in total. The molecule has 34 heavy (non-hydrogen) atoms. The van der Waals surface area contributed by atoms with Crippen molar-refractivity contribution in [3.05, 3.63) is 63.7 Å². The van der Waals surface area contributed by atoms with Gasteiger partial charge < -0.3 is 25.8 Å². The molecule has 1 aromatic heterocycles. The van der Waals surface area contributed by atoms with Gasteiger partial charge in [0.2, 0.25) is 6.41 Å². The van der Waals surface area contributed by atoms with Crippen LogP contribution in [-0.2, 0) is 11.2 Å². The Morgan fingerprint density at radius 1 is 1.26 bits per heavy atom. The number of aryl methyl sites for hydroxylation is 1. The summed E-state index contributed by atoms with van der Waals surface area (Å²) in [6.07, 6.45) is 2.81. The van der Waals surface area contributed by atoms with E-state index in [1.807, 2.05) is 25.1 Å². The molecule has 3 rings (SSSR count). The van der Waals surface area contributed by atoms with Crippen molar-refractivity contribution < 1.29 is 14.3 Å². The van der Waals surface area contributed by atoms with Gasteiger partial charge in [-0.2, -0.15) is 0 Å². The number of dihydropyridines is 1. The van der Waals surface area contributed by atoms with Crippen LogP contribution in [0.3, 0.4) is 0 Å². The molecular weight excluding hydrogens is 436 g/mol. The molecule has 0 spiro atoms. The van der Waals surface area contributed by atoms with Crippen LogP contribution in [-0.4, -0.2) is 55.1 Å². The fourth-order valence-corrected chi connectivity index (χ4v) is 3.79. The SMILES string of the molecule is C=C1C(CNC=O)=C(n2c(C)cnc(NCCc3ccc(OC)c(OC)c3)c2=O)C(N)=NC1C. The third-order valence-electron chi connectivity index (χ3n) is 5.63. The number of hydrogen-bond acceptors (Lipinski definition) is 8. The van der Waals surface area contributed by atoms with Gasteiger partial charge in [0.25, 0.3) is 5.56 Å². The lowest BCUT2D eigenvalue weighted by Gasteiger charge is -2.27. The number of carbonyl (C=O) groups excluding carboxylic acids is 1. The molecule has 0 aliphatic carbocycles. The van der Waals surface area contributed by atoms with Crippen molar-refractivity contribution in [3.8, 4) is 11.5 Å². The number of aromatic nitrogens is 2. The molecule has 0 saturated carbocycles. The zero-order valence-corrected chi connectivity index (χ0v) is 19.8. The summed E-state index contributed by atoms with van der Waals surface area (Å²) < 4.78 is 12.1. The van der Waals surface area contributed by atoms with Crippen LogP contribution in [0.1, 0.15) is 18.2 Å². The average molecular weight is 467 g/mol. The van der Waals surface area contributed by atoms with E-state index in [1.54, 1.807) is 27.3 Å². The summed E-state index contributed by atoms with van der Waals surface area (Å²) in [6.45, 7) is 8.34. The van der Waals surface area contributed by atoms with Crippen molar-refractivity contribution in [3.63, 3.8) is 0 Å². The molecule has 180 valence electrons. The van der Waals surface area contributed by atoms with E-state index in [4.69, 9.17) is 15.2 Å². The van der Waals surface area contributed by atoms with Crippen LogP contribution in [0.25, 0.3) is 5.70 Å². The Bertz CT molecular complexity index is 1210. The molecule has 1 aliphatic rings. The summed E-state index contributed by atoms with van der Waals surface area (Å²) in [7, 11) is 3.17. The van der Waals surface area contributed by atoms with Crippen molar-refractivity contribution >= 4 is 23.8 Å². The number of anilines is 1. The normalized spacial score (nSPS) is 15.6. The van der Waals surface area contributed by atoms with Gasteiger partial charge >= 0.3 is 0 Å². The van der Waals surface area contributed by atoms with Crippen LogP contribution < -0.4 is 31.4 Å². The van der Waals surface area contributed by atoms with Gasteiger partial charge in [-0.1, -0.05) is 12.6 Å². The lowest BCUT2D eigenvalue weighted by molar-refractivity contribution is -0.109. The van der Waals surface area contributed by atoms with E-state index in [0.717, 1.165) is 5.56 Å². The molecule has 10 heteroatoms. The molecule has 0 radical (unpaired) electrons. The summed E-state index contributed by atoms with van der Waals surface area (Å²) in [4.78, 5) is 33.0. The van der Waals surface area contributed by atoms with Gasteiger partial charge in [-0.05, 0) is 43.5 Å². The molecule has 0 bridgehead atoms. The molecule has 2 heterocycles. The highest BCUT2D eigenvalue weighted by molar-refractivity contribution is 6.19. The van der Waals surface area contributed by atoms with Gasteiger partial charge in [0.1, 0.15) is 5.84 Å². The minimum absolute atomic E-state index is 0.175. The Morgan fingerprint density at radius 2 is 2.00 bits per heavy atom. The lowest BCUT2D eigenvalue weighted by atomic mass is 9.95. The summed E-state index contributed by atoms with van der Waals surface area (Å²) in [5, 5.41) is 5.75. The van der Waals surface area contributed by atoms with E-state index in [9.17, 15) is 9.59 Å². The largest absolute Gasteiger partial charge is 0.493 e. The predicted octanol–water partition coefficient (Wildman–Crippen LogP) is 1.50. The number of carbonyl (C=O) groups is 1.